The summed E-state index contributed by atoms with van der Waals surface area (Å²) in [6, 6.07) is 5.91. The van der Waals surface area contributed by atoms with Crippen molar-refractivity contribution < 1.29 is 0 Å². The van der Waals surface area contributed by atoms with Crippen molar-refractivity contribution in [1.29, 1.82) is 0 Å². The molecule has 2 nitrogen and oxygen atoms in total. The van der Waals surface area contributed by atoms with Gasteiger partial charge >= 0.3 is 0 Å². The summed E-state index contributed by atoms with van der Waals surface area (Å²) in [6.07, 6.45) is 2.60. The molecular formula is C12H17ClN2. The largest absolute Gasteiger partial charge is 0.398 e. The van der Waals surface area contributed by atoms with Crippen LogP contribution >= 0.6 is 11.6 Å². The molecule has 1 aliphatic heterocycles. The SMILES string of the molecule is CC1CCCN(c2ccc(N)c(Cl)c2)C1. The number of piperidine rings is 1. The number of hydrogen-bond donors (Lipinski definition) is 1. The molecule has 1 atom stereocenters. The second-order valence-electron chi connectivity index (χ2n) is 4.40. The van der Waals surface area contributed by atoms with Crippen molar-refractivity contribution in [1.82, 2.24) is 0 Å². The van der Waals surface area contributed by atoms with Crippen LogP contribution in [0.15, 0.2) is 18.2 Å². The highest BCUT2D eigenvalue weighted by atomic mass is 35.5. The minimum atomic E-state index is 0.658. The van der Waals surface area contributed by atoms with E-state index in [2.05, 4.69) is 17.9 Å². The van der Waals surface area contributed by atoms with E-state index >= 15 is 0 Å². The molecule has 15 heavy (non-hydrogen) atoms. The normalized spacial score (nSPS) is 21.7. The maximum absolute atomic E-state index is 6.02. The maximum atomic E-state index is 6.02. The summed E-state index contributed by atoms with van der Waals surface area (Å²) in [7, 11) is 0. The van der Waals surface area contributed by atoms with Crippen LogP contribution in [0.4, 0.5) is 11.4 Å². The van der Waals surface area contributed by atoms with Gasteiger partial charge in [-0.3, -0.25) is 0 Å². The summed E-state index contributed by atoms with van der Waals surface area (Å²) >= 11 is 6.02. The molecule has 0 radical (unpaired) electrons. The van der Waals surface area contributed by atoms with Crippen LogP contribution in [0.5, 0.6) is 0 Å². The first kappa shape index (κ1) is 10.6. The van der Waals surface area contributed by atoms with Crippen LogP contribution in [0.25, 0.3) is 0 Å². The lowest BCUT2D eigenvalue weighted by Gasteiger charge is -2.33. The quantitative estimate of drug-likeness (QED) is 0.743. The van der Waals surface area contributed by atoms with Crippen LogP contribution in [0.3, 0.4) is 0 Å². The van der Waals surface area contributed by atoms with Gasteiger partial charge in [-0.05, 0) is 37.0 Å². The van der Waals surface area contributed by atoms with E-state index < -0.39 is 0 Å². The fraction of sp³-hybridized carbons (Fsp3) is 0.500. The van der Waals surface area contributed by atoms with Crippen molar-refractivity contribution in [2.45, 2.75) is 19.8 Å². The number of anilines is 2. The first-order valence-electron chi connectivity index (χ1n) is 5.47. The molecule has 1 saturated heterocycles. The Bertz CT molecular complexity index is 351. The molecule has 2 N–H and O–H groups in total. The average Bonchev–Trinajstić information content (AvgIpc) is 2.22. The topological polar surface area (TPSA) is 29.3 Å². The highest BCUT2D eigenvalue weighted by Crippen LogP contribution is 2.28. The molecule has 0 spiro atoms. The molecule has 1 aromatic rings. The molecule has 0 amide bonds. The van der Waals surface area contributed by atoms with Crippen molar-refractivity contribution in [2.24, 2.45) is 5.92 Å². The van der Waals surface area contributed by atoms with E-state index in [9.17, 15) is 0 Å². The van der Waals surface area contributed by atoms with E-state index in [-0.39, 0.29) is 0 Å². The van der Waals surface area contributed by atoms with Gasteiger partial charge in [0.15, 0.2) is 0 Å². The molecule has 3 heteroatoms. The molecule has 1 fully saturated rings. The van der Waals surface area contributed by atoms with Gasteiger partial charge in [0.1, 0.15) is 0 Å². The third kappa shape index (κ3) is 2.37. The summed E-state index contributed by atoms with van der Waals surface area (Å²) < 4.78 is 0. The summed E-state index contributed by atoms with van der Waals surface area (Å²) in [5.74, 6) is 0.773. The minimum Gasteiger partial charge on any atom is -0.398 e. The van der Waals surface area contributed by atoms with Gasteiger partial charge in [0.05, 0.1) is 10.7 Å². The smallest absolute Gasteiger partial charge is 0.0656 e. The fourth-order valence-corrected chi connectivity index (χ4v) is 2.31. The lowest BCUT2D eigenvalue weighted by molar-refractivity contribution is 0.447. The van der Waals surface area contributed by atoms with E-state index in [1.54, 1.807) is 0 Å². The van der Waals surface area contributed by atoms with Gasteiger partial charge in [0, 0.05) is 18.8 Å². The monoisotopic (exact) mass is 224 g/mol. The Morgan fingerprint density at radius 1 is 1.47 bits per heavy atom. The third-order valence-electron chi connectivity index (χ3n) is 3.01. The first-order chi connectivity index (χ1) is 7.16. The van der Waals surface area contributed by atoms with Gasteiger partial charge < -0.3 is 10.6 Å². The summed E-state index contributed by atoms with van der Waals surface area (Å²) in [5, 5.41) is 0.658. The highest BCUT2D eigenvalue weighted by Gasteiger charge is 2.16. The summed E-state index contributed by atoms with van der Waals surface area (Å²) in [6.45, 7) is 4.55. The van der Waals surface area contributed by atoms with Crippen LogP contribution < -0.4 is 10.6 Å². The zero-order chi connectivity index (χ0) is 10.8. The Balaban J connectivity index is 2.18. The van der Waals surface area contributed by atoms with E-state index in [0.717, 1.165) is 19.0 Å². The van der Waals surface area contributed by atoms with Crippen molar-refractivity contribution in [3.8, 4) is 0 Å². The zero-order valence-corrected chi connectivity index (χ0v) is 9.80. The molecule has 1 aromatic carbocycles. The molecule has 1 heterocycles. The van der Waals surface area contributed by atoms with Crippen molar-refractivity contribution in [2.75, 3.05) is 23.7 Å². The lowest BCUT2D eigenvalue weighted by atomic mass is 10.00. The molecule has 0 aromatic heterocycles. The predicted octanol–water partition coefficient (Wildman–Crippen LogP) is 3.16. The van der Waals surface area contributed by atoms with Gasteiger partial charge in [-0.2, -0.15) is 0 Å². The van der Waals surface area contributed by atoms with Crippen molar-refractivity contribution in [3.05, 3.63) is 23.2 Å². The number of rotatable bonds is 1. The molecule has 0 aliphatic carbocycles. The fourth-order valence-electron chi connectivity index (χ4n) is 2.14. The standard InChI is InChI=1S/C12H17ClN2/c1-9-3-2-6-15(8-9)10-4-5-12(14)11(13)7-10/h4-5,7,9H,2-3,6,8,14H2,1H3. The number of nitrogens with two attached hydrogens (primary N) is 1. The Morgan fingerprint density at radius 3 is 2.93 bits per heavy atom. The number of hydrogen-bond acceptors (Lipinski definition) is 2. The van der Waals surface area contributed by atoms with Gasteiger partial charge in [-0.15, -0.1) is 0 Å². The molecule has 2 rings (SSSR count). The van der Waals surface area contributed by atoms with Crippen LogP contribution in [0.2, 0.25) is 5.02 Å². The maximum Gasteiger partial charge on any atom is 0.0656 e. The molecule has 0 saturated carbocycles. The summed E-state index contributed by atoms with van der Waals surface area (Å²) in [5.41, 5.74) is 7.55. The van der Waals surface area contributed by atoms with Crippen molar-refractivity contribution in [3.63, 3.8) is 0 Å². The highest BCUT2D eigenvalue weighted by molar-refractivity contribution is 6.33. The number of benzene rings is 1. The van der Waals surface area contributed by atoms with Gasteiger partial charge in [-0.1, -0.05) is 18.5 Å². The van der Waals surface area contributed by atoms with Crippen LogP contribution in [0, 0.1) is 5.92 Å². The summed E-state index contributed by atoms with van der Waals surface area (Å²) in [4.78, 5) is 2.39. The first-order valence-corrected chi connectivity index (χ1v) is 5.84. The number of halogens is 1. The zero-order valence-electron chi connectivity index (χ0n) is 9.04. The van der Waals surface area contributed by atoms with E-state index in [0.29, 0.717) is 10.7 Å². The van der Waals surface area contributed by atoms with Gasteiger partial charge in [0.2, 0.25) is 0 Å². The van der Waals surface area contributed by atoms with Crippen LogP contribution in [0.1, 0.15) is 19.8 Å². The average molecular weight is 225 g/mol. The van der Waals surface area contributed by atoms with Crippen molar-refractivity contribution >= 4 is 23.0 Å². The third-order valence-corrected chi connectivity index (χ3v) is 3.33. The van der Waals surface area contributed by atoms with Gasteiger partial charge in [0.25, 0.3) is 0 Å². The van der Waals surface area contributed by atoms with E-state index in [4.69, 9.17) is 17.3 Å². The predicted molar refractivity (Wildman–Crippen MR) is 66.5 cm³/mol. The molecule has 0 bridgehead atoms. The Morgan fingerprint density at radius 2 is 2.27 bits per heavy atom. The Kier molecular flexibility index (Phi) is 3.06. The Labute approximate surface area is 96.0 Å². The molecule has 82 valence electrons. The Hall–Kier alpha value is -0.890. The van der Waals surface area contributed by atoms with Crippen LogP contribution in [-0.2, 0) is 0 Å². The van der Waals surface area contributed by atoms with E-state index in [1.807, 2.05) is 12.1 Å². The lowest BCUT2D eigenvalue weighted by Crippen LogP contribution is -2.34. The van der Waals surface area contributed by atoms with Gasteiger partial charge in [-0.25, -0.2) is 0 Å². The second kappa shape index (κ2) is 4.31. The molecule has 1 aliphatic rings. The minimum absolute atomic E-state index is 0.658. The van der Waals surface area contributed by atoms with Crippen LogP contribution in [-0.4, -0.2) is 13.1 Å². The molecular weight excluding hydrogens is 208 g/mol. The number of nitrogen functional groups attached to an aromatic ring is 1. The molecule has 1 unspecified atom stereocenters. The van der Waals surface area contributed by atoms with E-state index in [1.165, 1.54) is 18.5 Å². The second-order valence-corrected chi connectivity index (χ2v) is 4.81. The number of nitrogens with zero attached hydrogens (tertiary/aromatic N) is 1.